The van der Waals surface area contributed by atoms with E-state index < -0.39 is 6.04 Å². The van der Waals surface area contributed by atoms with Gasteiger partial charge in [0.05, 0.1) is 5.70 Å². The van der Waals surface area contributed by atoms with Crippen molar-refractivity contribution in [3.05, 3.63) is 52.0 Å². The van der Waals surface area contributed by atoms with Gasteiger partial charge in [0.1, 0.15) is 22.5 Å². The molecule has 2 amide bonds. The number of aromatic hydroxyl groups is 1. The monoisotopic (exact) mass is 467 g/mol. The van der Waals surface area contributed by atoms with E-state index in [4.69, 9.17) is 0 Å². The molecular formula is C25H29N3O4S. The van der Waals surface area contributed by atoms with Crippen molar-refractivity contribution < 1.29 is 19.5 Å². The fourth-order valence-electron chi connectivity index (χ4n) is 4.58. The summed E-state index contributed by atoms with van der Waals surface area (Å²) in [6.45, 7) is 2.33. The fraction of sp³-hybridized carbons (Fsp3) is 0.440. The lowest BCUT2D eigenvalue weighted by Crippen LogP contribution is -2.51. The molecule has 1 fully saturated rings. The minimum atomic E-state index is -0.535. The Morgan fingerprint density at radius 1 is 1.24 bits per heavy atom. The third-order valence-corrected chi connectivity index (χ3v) is 7.20. The van der Waals surface area contributed by atoms with Crippen LogP contribution in [0.3, 0.4) is 0 Å². The molecule has 0 bridgehead atoms. The first-order valence-corrected chi connectivity index (χ1v) is 12.5. The molecule has 7 nitrogen and oxygen atoms in total. The molecule has 8 heteroatoms. The van der Waals surface area contributed by atoms with Gasteiger partial charge < -0.3 is 15.3 Å². The number of hydrogen-bond donors (Lipinski definition) is 2. The molecule has 2 heterocycles. The molecule has 174 valence electrons. The average Bonchev–Trinajstić information content (AvgIpc) is 3.52. The van der Waals surface area contributed by atoms with Crippen molar-refractivity contribution in [1.82, 2.24) is 15.2 Å². The molecule has 33 heavy (non-hydrogen) atoms. The maximum absolute atomic E-state index is 13.6. The number of phenolic OH excluding ortho intramolecular Hbond substituents is 1. The molecule has 2 aliphatic rings. The van der Waals surface area contributed by atoms with Crippen molar-refractivity contribution in [1.29, 1.82) is 0 Å². The van der Waals surface area contributed by atoms with Crippen LogP contribution in [-0.4, -0.2) is 45.2 Å². The van der Waals surface area contributed by atoms with Crippen LogP contribution in [-0.2, 0) is 9.59 Å². The zero-order valence-corrected chi connectivity index (χ0v) is 19.6. The minimum Gasteiger partial charge on any atom is -0.508 e. The van der Waals surface area contributed by atoms with Gasteiger partial charge in [-0.2, -0.15) is 0 Å². The van der Waals surface area contributed by atoms with Crippen LogP contribution >= 0.6 is 11.3 Å². The molecule has 2 N–H and O–H groups in total. The summed E-state index contributed by atoms with van der Waals surface area (Å²) in [4.78, 5) is 44.9. The van der Waals surface area contributed by atoms with Crippen LogP contribution in [0.4, 0.5) is 0 Å². The van der Waals surface area contributed by atoms with Crippen molar-refractivity contribution >= 4 is 34.6 Å². The zero-order chi connectivity index (χ0) is 23.4. The highest BCUT2D eigenvalue weighted by Crippen LogP contribution is 2.33. The van der Waals surface area contributed by atoms with Gasteiger partial charge in [-0.25, -0.2) is 4.98 Å². The van der Waals surface area contributed by atoms with E-state index in [1.54, 1.807) is 29.3 Å². The first-order chi connectivity index (χ1) is 16.0. The maximum Gasteiger partial charge on any atom is 0.249 e. The Morgan fingerprint density at radius 3 is 2.76 bits per heavy atom. The van der Waals surface area contributed by atoms with Crippen molar-refractivity contribution in [3.63, 3.8) is 0 Å². The molecular weight excluding hydrogens is 438 g/mol. The second-order valence-electron chi connectivity index (χ2n) is 8.58. The minimum absolute atomic E-state index is 0.0226. The van der Waals surface area contributed by atoms with Gasteiger partial charge in [-0.15, -0.1) is 11.3 Å². The number of rotatable bonds is 7. The maximum atomic E-state index is 13.6. The lowest BCUT2D eigenvalue weighted by molar-refractivity contribution is -0.135. The Hall–Kier alpha value is -3.00. The molecule has 0 spiro atoms. The topological polar surface area (TPSA) is 99.6 Å². The van der Waals surface area contributed by atoms with Crippen molar-refractivity contribution in [2.45, 2.75) is 57.9 Å². The van der Waals surface area contributed by atoms with Gasteiger partial charge in [0.2, 0.25) is 17.6 Å². The molecule has 1 atom stereocenters. The van der Waals surface area contributed by atoms with Crippen LogP contribution in [0.25, 0.3) is 5.70 Å². The second kappa shape index (κ2) is 10.3. The van der Waals surface area contributed by atoms with Gasteiger partial charge in [-0.3, -0.25) is 14.4 Å². The number of aromatic nitrogens is 1. The molecule has 2 aromatic rings. The number of nitrogens with one attached hydrogen (secondary N) is 1. The summed E-state index contributed by atoms with van der Waals surface area (Å²) in [7, 11) is 0. The Morgan fingerprint density at radius 2 is 2.03 bits per heavy atom. The largest absolute Gasteiger partial charge is 0.508 e. The van der Waals surface area contributed by atoms with E-state index in [9.17, 15) is 19.5 Å². The number of benzene rings is 1. The third kappa shape index (κ3) is 5.16. The van der Waals surface area contributed by atoms with E-state index in [-0.39, 0.29) is 35.0 Å². The SMILES string of the molecule is CCC(=O)N[C@H](C(=O)N1CCC=C1c1nc(C(=O)c2cccc(O)c2)cs1)C1CCCCC1. The first kappa shape index (κ1) is 23.2. The predicted molar refractivity (Wildman–Crippen MR) is 127 cm³/mol. The Bertz CT molecular complexity index is 1070. The summed E-state index contributed by atoms with van der Waals surface area (Å²) in [6.07, 6.45) is 8.21. The predicted octanol–water partition coefficient (Wildman–Crippen LogP) is 4.13. The molecule has 1 saturated carbocycles. The molecule has 1 aromatic carbocycles. The van der Waals surface area contributed by atoms with E-state index in [1.807, 2.05) is 6.08 Å². The Kier molecular flexibility index (Phi) is 7.23. The van der Waals surface area contributed by atoms with E-state index in [2.05, 4.69) is 10.3 Å². The summed E-state index contributed by atoms with van der Waals surface area (Å²) in [5.41, 5.74) is 1.34. The van der Waals surface area contributed by atoms with Crippen LogP contribution < -0.4 is 5.32 Å². The number of carbonyl (C=O) groups is 3. The normalized spacial score (nSPS) is 17.5. The highest BCUT2D eigenvalue weighted by Gasteiger charge is 2.36. The zero-order valence-electron chi connectivity index (χ0n) is 18.8. The molecule has 1 aliphatic heterocycles. The number of amides is 2. The van der Waals surface area contributed by atoms with Crippen LogP contribution in [0.1, 0.15) is 72.9 Å². The summed E-state index contributed by atoms with van der Waals surface area (Å²) < 4.78 is 0. The Labute approximate surface area is 197 Å². The lowest BCUT2D eigenvalue weighted by Gasteiger charge is -2.33. The standard InChI is InChI=1S/C25H29N3O4S/c1-2-21(30)27-22(16-8-4-3-5-9-16)25(32)28-13-7-12-20(28)24-26-19(15-33-24)23(31)17-10-6-11-18(29)14-17/h6,10-12,14-16,22,29H,2-5,7-9,13H2,1H3,(H,27,30)/t22-/m0/s1. The smallest absolute Gasteiger partial charge is 0.249 e. The third-order valence-electron chi connectivity index (χ3n) is 6.34. The highest BCUT2D eigenvalue weighted by atomic mass is 32.1. The Balaban J connectivity index is 1.54. The van der Waals surface area contributed by atoms with E-state index in [0.717, 1.165) is 25.7 Å². The van der Waals surface area contributed by atoms with E-state index in [1.165, 1.54) is 29.9 Å². The highest BCUT2D eigenvalue weighted by molar-refractivity contribution is 7.11. The molecule has 1 aliphatic carbocycles. The van der Waals surface area contributed by atoms with Gasteiger partial charge in [-0.1, -0.05) is 44.4 Å². The summed E-state index contributed by atoms with van der Waals surface area (Å²) in [5, 5.41) is 14.9. The number of hydrogen-bond acceptors (Lipinski definition) is 6. The molecule has 1 aromatic heterocycles. The van der Waals surface area contributed by atoms with Gasteiger partial charge in [0, 0.05) is 23.9 Å². The fourth-order valence-corrected chi connectivity index (χ4v) is 5.42. The second-order valence-corrected chi connectivity index (χ2v) is 9.44. The summed E-state index contributed by atoms with van der Waals surface area (Å²) in [6, 6.07) is 5.64. The van der Waals surface area contributed by atoms with Crippen LogP contribution in [0.2, 0.25) is 0 Å². The summed E-state index contributed by atoms with van der Waals surface area (Å²) >= 11 is 1.32. The lowest BCUT2D eigenvalue weighted by atomic mass is 9.83. The number of phenols is 1. The number of thiazole rings is 1. The van der Waals surface area contributed by atoms with E-state index in [0.29, 0.717) is 35.7 Å². The number of ketones is 1. The van der Waals surface area contributed by atoms with Gasteiger partial charge in [0.25, 0.3) is 0 Å². The molecule has 4 rings (SSSR count). The molecule has 0 unspecified atom stereocenters. The van der Waals surface area contributed by atoms with Gasteiger partial charge in [0.15, 0.2) is 0 Å². The number of nitrogens with zero attached hydrogens (tertiary/aromatic N) is 2. The quantitative estimate of drug-likeness (QED) is 0.597. The van der Waals surface area contributed by atoms with E-state index >= 15 is 0 Å². The van der Waals surface area contributed by atoms with Crippen molar-refractivity contribution in [3.8, 4) is 5.75 Å². The van der Waals surface area contributed by atoms with Gasteiger partial charge in [-0.05, 0) is 37.3 Å². The van der Waals surface area contributed by atoms with Crippen molar-refractivity contribution in [2.75, 3.05) is 6.54 Å². The van der Waals surface area contributed by atoms with Crippen LogP contribution in [0.15, 0.2) is 35.7 Å². The van der Waals surface area contributed by atoms with Crippen LogP contribution in [0.5, 0.6) is 5.75 Å². The molecule has 0 saturated heterocycles. The van der Waals surface area contributed by atoms with Crippen molar-refractivity contribution in [2.24, 2.45) is 5.92 Å². The number of carbonyl (C=O) groups excluding carboxylic acids is 3. The first-order valence-electron chi connectivity index (χ1n) is 11.6. The summed E-state index contributed by atoms with van der Waals surface area (Å²) in [5.74, 6) is -0.321. The molecule has 0 radical (unpaired) electrons. The van der Waals surface area contributed by atoms with Crippen LogP contribution in [0, 0.1) is 5.92 Å². The van der Waals surface area contributed by atoms with Gasteiger partial charge >= 0.3 is 0 Å². The average molecular weight is 468 g/mol.